The summed E-state index contributed by atoms with van der Waals surface area (Å²) in [7, 11) is 0.477. The Morgan fingerprint density at radius 3 is 2.52 bits per heavy atom. The van der Waals surface area contributed by atoms with Crippen molar-refractivity contribution < 1.29 is 13.2 Å². The van der Waals surface area contributed by atoms with Crippen LogP contribution in [0.15, 0.2) is 47.5 Å². The third-order valence-corrected chi connectivity index (χ3v) is 7.49. The number of H-pyrrole nitrogens is 1. The lowest BCUT2D eigenvalue weighted by Crippen LogP contribution is -2.27. The quantitative estimate of drug-likeness (QED) is 0.517. The molecule has 1 atom stereocenters. The SMILES string of the molecule is CN(C)CC(=O)Nc1cnc2[nH]c(C(CC3CCCC3)c3ccc(S(C)(=O)=O)cc3)cc2c1. The number of aromatic nitrogens is 2. The molecular formula is C25H32N4O3S. The van der Waals surface area contributed by atoms with E-state index in [0.29, 0.717) is 23.0 Å². The van der Waals surface area contributed by atoms with E-state index in [0.717, 1.165) is 28.7 Å². The summed E-state index contributed by atoms with van der Waals surface area (Å²) in [5.74, 6) is 0.703. The molecule has 1 amide bonds. The second kappa shape index (κ2) is 9.65. The fourth-order valence-corrected chi connectivity index (χ4v) is 5.38. The fourth-order valence-electron chi connectivity index (χ4n) is 4.75. The van der Waals surface area contributed by atoms with E-state index >= 15 is 0 Å². The summed E-state index contributed by atoms with van der Waals surface area (Å²) in [4.78, 5) is 22.3. The van der Waals surface area contributed by atoms with E-state index in [-0.39, 0.29) is 11.8 Å². The zero-order valence-electron chi connectivity index (χ0n) is 19.5. The number of anilines is 1. The minimum atomic E-state index is -3.23. The smallest absolute Gasteiger partial charge is 0.238 e. The zero-order chi connectivity index (χ0) is 23.6. The van der Waals surface area contributed by atoms with Gasteiger partial charge in [-0.3, -0.25) is 4.79 Å². The third kappa shape index (κ3) is 5.81. The van der Waals surface area contributed by atoms with Crippen molar-refractivity contribution >= 4 is 32.5 Å². The molecule has 2 N–H and O–H groups in total. The van der Waals surface area contributed by atoms with Crippen LogP contribution >= 0.6 is 0 Å². The number of likely N-dealkylation sites (N-methyl/N-ethyl adjacent to an activating group) is 1. The lowest BCUT2D eigenvalue weighted by atomic mass is 9.85. The Bertz CT molecular complexity index is 1230. The summed E-state index contributed by atoms with van der Waals surface area (Å²) in [6.07, 6.45) is 8.93. The molecule has 1 aromatic carbocycles. The summed E-state index contributed by atoms with van der Waals surface area (Å²) in [5, 5.41) is 3.84. The topological polar surface area (TPSA) is 95.2 Å². The monoisotopic (exact) mass is 468 g/mol. The molecule has 1 unspecified atom stereocenters. The van der Waals surface area contributed by atoms with Gasteiger partial charge in [-0.2, -0.15) is 0 Å². The number of carbonyl (C=O) groups excluding carboxylic acids is 1. The molecule has 176 valence electrons. The molecule has 4 rings (SSSR count). The number of aromatic amines is 1. The normalized spacial score (nSPS) is 15.9. The van der Waals surface area contributed by atoms with Gasteiger partial charge >= 0.3 is 0 Å². The molecule has 7 nitrogen and oxygen atoms in total. The van der Waals surface area contributed by atoms with E-state index in [1.165, 1.54) is 31.9 Å². The van der Waals surface area contributed by atoms with Gasteiger partial charge < -0.3 is 15.2 Å². The molecule has 2 heterocycles. The molecule has 0 radical (unpaired) electrons. The largest absolute Gasteiger partial charge is 0.343 e. The van der Waals surface area contributed by atoms with Crippen LogP contribution in [0.25, 0.3) is 11.0 Å². The molecule has 1 aliphatic carbocycles. The van der Waals surface area contributed by atoms with Gasteiger partial charge in [0.15, 0.2) is 9.84 Å². The van der Waals surface area contributed by atoms with Crippen LogP contribution in [0, 0.1) is 5.92 Å². The maximum absolute atomic E-state index is 12.1. The van der Waals surface area contributed by atoms with Crippen molar-refractivity contribution in [1.29, 1.82) is 0 Å². The van der Waals surface area contributed by atoms with Crippen molar-refractivity contribution in [1.82, 2.24) is 14.9 Å². The first-order valence-corrected chi connectivity index (χ1v) is 13.3. The standard InChI is InChI=1S/C25H32N4O3S/c1-29(2)16-24(30)27-20-13-19-14-23(28-25(19)26-15-20)22(12-17-6-4-5-7-17)18-8-10-21(11-9-18)33(3,31)32/h8-11,13-15,17,22H,4-7,12,16H2,1-3H3,(H,26,28)(H,27,30). The predicted molar refractivity (Wildman–Crippen MR) is 131 cm³/mol. The summed E-state index contributed by atoms with van der Waals surface area (Å²) in [5.41, 5.74) is 3.61. The molecule has 1 aliphatic rings. The van der Waals surface area contributed by atoms with Crippen LogP contribution in [0.5, 0.6) is 0 Å². The molecular weight excluding hydrogens is 436 g/mol. The van der Waals surface area contributed by atoms with Crippen LogP contribution in [0.4, 0.5) is 5.69 Å². The highest BCUT2D eigenvalue weighted by Gasteiger charge is 2.24. The maximum atomic E-state index is 12.1. The fraction of sp³-hybridized carbons (Fsp3) is 0.440. The third-order valence-electron chi connectivity index (χ3n) is 6.36. The van der Waals surface area contributed by atoms with E-state index in [1.54, 1.807) is 18.3 Å². The molecule has 0 bridgehead atoms. The van der Waals surface area contributed by atoms with Crippen molar-refractivity contribution in [3.8, 4) is 0 Å². The summed E-state index contributed by atoms with van der Waals surface area (Å²) in [6, 6.07) is 11.3. The highest BCUT2D eigenvalue weighted by Crippen LogP contribution is 2.38. The van der Waals surface area contributed by atoms with Crippen molar-refractivity contribution in [2.75, 3.05) is 32.2 Å². The first kappa shape index (κ1) is 23.4. The first-order chi connectivity index (χ1) is 15.7. The maximum Gasteiger partial charge on any atom is 0.238 e. The average molecular weight is 469 g/mol. The van der Waals surface area contributed by atoms with E-state index in [1.807, 2.05) is 37.2 Å². The van der Waals surface area contributed by atoms with Crippen molar-refractivity contribution in [2.45, 2.75) is 42.9 Å². The van der Waals surface area contributed by atoms with Gasteiger partial charge in [0.25, 0.3) is 0 Å². The molecule has 8 heteroatoms. The van der Waals surface area contributed by atoms with E-state index < -0.39 is 9.84 Å². The van der Waals surface area contributed by atoms with Gasteiger partial charge in [-0.1, -0.05) is 37.8 Å². The number of rotatable bonds is 8. The number of pyridine rings is 1. The number of fused-ring (bicyclic) bond motifs is 1. The lowest BCUT2D eigenvalue weighted by Gasteiger charge is -2.20. The van der Waals surface area contributed by atoms with E-state index in [9.17, 15) is 13.2 Å². The number of nitrogens with one attached hydrogen (secondary N) is 2. The molecule has 0 saturated heterocycles. The number of benzene rings is 1. The highest BCUT2D eigenvalue weighted by molar-refractivity contribution is 7.90. The van der Waals surface area contributed by atoms with Gasteiger partial charge in [0.05, 0.1) is 23.3 Å². The summed E-state index contributed by atoms with van der Waals surface area (Å²) in [6.45, 7) is 0.309. The van der Waals surface area contributed by atoms with Gasteiger partial charge in [0.2, 0.25) is 5.91 Å². The Morgan fingerprint density at radius 1 is 1.18 bits per heavy atom. The van der Waals surface area contributed by atoms with Gasteiger partial charge in [-0.05, 0) is 56.3 Å². The van der Waals surface area contributed by atoms with Crippen LogP contribution in [0.3, 0.4) is 0 Å². The summed E-state index contributed by atoms with van der Waals surface area (Å²) < 4.78 is 23.8. The molecule has 1 saturated carbocycles. The number of sulfone groups is 1. The zero-order valence-corrected chi connectivity index (χ0v) is 20.3. The average Bonchev–Trinajstić information content (AvgIpc) is 3.40. The van der Waals surface area contributed by atoms with Crippen molar-refractivity contribution in [3.05, 3.63) is 53.9 Å². The number of hydrogen-bond acceptors (Lipinski definition) is 5. The second-order valence-corrected chi connectivity index (χ2v) is 11.5. The van der Waals surface area contributed by atoms with Crippen LogP contribution in [0.2, 0.25) is 0 Å². The number of hydrogen-bond donors (Lipinski definition) is 2. The predicted octanol–water partition coefficient (Wildman–Crippen LogP) is 4.18. The van der Waals surface area contributed by atoms with Gasteiger partial charge in [0, 0.05) is 23.3 Å². The Morgan fingerprint density at radius 2 is 1.88 bits per heavy atom. The van der Waals surface area contributed by atoms with E-state index in [4.69, 9.17) is 0 Å². The minimum absolute atomic E-state index is 0.0815. The van der Waals surface area contributed by atoms with E-state index in [2.05, 4.69) is 21.4 Å². The molecule has 3 aromatic rings. The van der Waals surface area contributed by atoms with Crippen LogP contribution in [-0.2, 0) is 14.6 Å². The van der Waals surface area contributed by atoms with Gasteiger partial charge in [-0.25, -0.2) is 13.4 Å². The Hall–Kier alpha value is -2.71. The number of nitrogens with zero attached hydrogens (tertiary/aromatic N) is 2. The number of amides is 1. The van der Waals surface area contributed by atoms with Crippen molar-refractivity contribution in [3.63, 3.8) is 0 Å². The van der Waals surface area contributed by atoms with Gasteiger partial charge in [0.1, 0.15) is 5.65 Å². The first-order valence-electron chi connectivity index (χ1n) is 11.4. The molecule has 1 fully saturated rings. The number of carbonyl (C=O) groups is 1. The van der Waals surface area contributed by atoms with Crippen LogP contribution in [0.1, 0.15) is 49.3 Å². The van der Waals surface area contributed by atoms with Crippen LogP contribution < -0.4 is 5.32 Å². The Kier molecular flexibility index (Phi) is 6.86. The van der Waals surface area contributed by atoms with Crippen LogP contribution in [-0.4, -0.2) is 56.1 Å². The summed E-state index contributed by atoms with van der Waals surface area (Å²) >= 11 is 0. The molecule has 33 heavy (non-hydrogen) atoms. The lowest BCUT2D eigenvalue weighted by molar-refractivity contribution is -0.116. The minimum Gasteiger partial charge on any atom is -0.343 e. The Balaban J connectivity index is 1.64. The van der Waals surface area contributed by atoms with Crippen molar-refractivity contribution in [2.24, 2.45) is 5.92 Å². The highest BCUT2D eigenvalue weighted by atomic mass is 32.2. The second-order valence-electron chi connectivity index (χ2n) is 9.45. The molecule has 2 aromatic heterocycles. The molecule has 0 spiro atoms. The molecule has 0 aliphatic heterocycles. The Labute approximate surface area is 195 Å². The van der Waals surface area contributed by atoms with Gasteiger partial charge in [-0.15, -0.1) is 0 Å².